The molecule has 0 fully saturated rings. The summed E-state index contributed by atoms with van der Waals surface area (Å²) in [6.45, 7) is 1.94. The minimum absolute atomic E-state index is 0.172. The van der Waals surface area contributed by atoms with Crippen LogP contribution in [0, 0.1) is 0 Å². The van der Waals surface area contributed by atoms with Gasteiger partial charge in [0.05, 0.1) is 7.11 Å². The summed E-state index contributed by atoms with van der Waals surface area (Å²) in [6.07, 6.45) is 7.62. The van der Waals surface area contributed by atoms with Crippen LogP contribution in [0.15, 0.2) is 54.7 Å². The SMILES string of the molecule is C1=Cc2ccccc2ON1.CC=Cc1ccc(O)c(OC)c1. The molecular weight excluding hydrogens is 278 g/mol. The van der Waals surface area contributed by atoms with Crippen molar-refractivity contribution in [2.45, 2.75) is 6.92 Å². The van der Waals surface area contributed by atoms with E-state index in [4.69, 9.17) is 9.57 Å². The van der Waals surface area contributed by atoms with Gasteiger partial charge in [-0.25, -0.2) is 5.48 Å². The molecule has 2 N–H and O–H groups in total. The summed E-state index contributed by atoms with van der Waals surface area (Å²) < 4.78 is 4.95. The fourth-order valence-electron chi connectivity index (χ4n) is 1.92. The van der Waals surface area contributed by atoms with E-state index < -0.39 is 0 Å². The number of aromatic hydroxyl groups is 1. The van der Waals surface area contributed by atoms with Gasteiger partial charge in [-0.2, -0.15) is 0 Å². The number of ether oxygens (including phenoxy) is 1. The van der Waals surface area contributed by atoms with Gasteiger partial charge in [0.2, 0.25) is 0 Å². The molecule has 1 aliphatic rings. The van der Waals surface area contributed by atoms with Crippen molar-refractivity contribution in [1.29, 1.82) is 0 Å². The van der Waals surface area contributed by atoms with Gasteiger partial charge < -0.3 is 14.7 Å². The first-order chi connectivity index (χ1) is 10.7. The van der Waals surface area contributed by atoms with Gasteiger partial charge in [-0.3, -0.25) is 0 Å². The maximum Gasteiger partial charge on any atom is 0.162 e. The van der Waals surface area contributed by atoms with Crippen LogP contribution in [0.3, 0.4) is 0 Å². The van der Waals surface area contributed by atoms with Crippen LogP contribution in [0.5, 0.6) is 17.2 Å². The molecular formula is C18H19NO3. The third-order valence-corrected chi connectivity index (χ3v) is 2.98. The van der Waals surface area contributed by atoms with Crippen molar-refractivity contribution in [2.75, 3.05) is 7.11 Å². The van der Waals surface area contributed by atoms with Crippen LogP contribution in [-0.4, -0.2) is 12.2 Å². The molecule has 0 atom stereocenters. The van der Waals surface area contributed by atoms with Gasteiger partial charge in [0.1, 0.15) is 0 Å². The average molecular weight is 297 g/mol. The Balaban J connectivity index is 0.000000162. The summed E-state index contributed by atoms with van der Waals surface area (Å²) in [4.78, 5) is 5.09. The van der Waals surface area contributed by atoms with E-state index >= 15 is 0 Å². The number of hydrogen-bond donors (Lipinski definition) is 2. The second kappa shape index (κ2) is 7.78. The lowest BCUT2D eigenvalue weighted by atomic mass is 10.2. The van der Waals surface area contributed by atoms with Crippen molar-refractivity contribution in [2.24, 2.45) is 0 Å². The highest BCUT2D eigenvalue weighted by Gasteiger charge is 2.01. The summed E-state index contributed by atoms with van der Waals surface area (Å²) >= 11 is 0. The molecule has 4 heteroatoms. The number of hydroxylamine groups is 1. The number of phenolic OH excluding ortho intramolecular Hbond substituents is 1. The van der Waals surface area contributed by atoms with E-state index in [1.54, 1.807) is 18.3 Å². The van der Waals surface area contributed by atoms with Gasteiger partial charge in [-0.1, -0.05) is 36.4 Å². The molecule has 1 aliphatic heterocycles. The molecule has 2 aromatic carbocycles. The maximum absolute atomic E-state index is 9.25. The highest BCUT2D eigenvalue weighted by molar-refractivity contribution is 5.58. The van der Waals surface area contributed by atoms with Crippen LogP contribution in [0.4, 0.5) is 0 Å². The minimum Gasteiger partial charge on any atom is -0.504 e. The standard InChI is InChI=1S/C10H12O2.C8H7NO/c1-3-4-8-5-6-9(11)10(7-8)12-2;1-2-4-8-7(3-1)5-6-9-10-8/h3-7,11H,1-2H3;1-6,9H. The Bertz CT molecular complexity index is 678. The molecule has 22 heavy (non-hydrogen) atoms. The van der Waals surface area contributed by atoms with Crippen LogP contribution in [0.25, 0.3) is 12.2 Å². The van der Waals surface area contributed by atoms with Crippen molar-refractivity contribution in [1.82, 2.24) is 5.48 Å². The van der Waals surface area contributed by atoms with Crippen molar-refractivity contribution in [3.63, 3.8) is 0 Å². The van der Waals surface area contributed by atoms with Crippen molar-refractivity contribution in [3.8, 4) is 17.2 Å². The van der Waals surface area contributed by atoms with Crippen LogP contribution >= 0.6 is 0 Å². The second-order valence-corrected chi connectivity index (χ2v) is 4.52. The van der Waals surface area contributed by atoms with Gasteiger partial charge in [-0.15, -0.1) is 0 Å². The monoisotopic (exact) mass is 297 g/mol. The molecule has 2 aromatic rings. The Morgan fingerprint density at radius 1 is 1.18 bits per heavy atom. The molecule has 0 unspecified atom stereocenters. The number of hydrogen-bond acceptors (Lipinski definition) is 4. The molecule has 1 heterocycles. The third-order valence-electron chi connectivity index (χ3n) is 2.98. The average Bonchev–Trinajstić information content (AvgIpc) is 2.57. The lowest BCUT2D eigenvalue weighted by Crippen LogP contribution is -2.13. The lowest BCUT2D eigenvalue weighted by Gasteiger charge is -2.11. The van der Waals surface area contributed by atoms with E-state index in [1.807, 2.05) is 55.5 Å². The molecule has 0 aliphatic carbocycles. The Morgan fingerprint density at radius 2 is 2.00 bits per heavy atom. The zero-order valence-corrected chi connectivity index (χ0v) is 12.6. The normalized spacial score (nSPS) is 11.7. The highest BCUT2D eigenvalue weighted by Crippen LogP contribution is 2.26. The largest absolute Gasteiger partial charge is 0.504 e. The van der Waals surface area contributed by atoms with Gasteiger partial charge in [0.25, 0.3) is 0 Å². The Hall–Kier alpha value is -2.88. The number of phenols is 1. The molecule has 0 radical (unpaired) electrons. The number of fused-ring (bicyclic) bond motifs is 1. The van der Waals surface area contributed by atoms with Crippen molar-refractivity contribution in [3.05, 3.63) is 65.9 Å². The smallest absolute Gasteiger partial charge is 0.162 e. The maximum atomic E-state index is 9.25. The first-order valence-electron chi connectivity index (χ1n) is 6.92. The topological polar surface area (TPSA) is 50.7 Å². The molecule has 0 saturated carbocycles. The van der Waals surface area contributed by atoms with Gasteiger partial charge in [-0.05, 0) is 36.8 Å². The predicted octanol–water partition coefficient (Wildman–Crippen LogP) is 3.99. The molecule has 0 amide bonds. The van der Waals surface area contributed by atoms with E-state index in [0.717, 1.165) is 16.9 Å². The van der Waals surface area contributed by atoms with E-state index in [9.17, 15) is 5.11 Å². The number of allylic oxidation sites excluding steroid dienone is 1. The Kier molecular flexibility index (Phi) is 5.49. The van der Waals surface area contributed by atoms with Gasteiger partial charge >= 0.3 is 0 Å². The molecule has 0 saturated heterocycles. The molecule has 114 valence electrons. The first kappa shape index (κ1) is 15.5. The van der Waals surface area contributed by atoms with E-state index in [0.29, 0.717) is 5.75 Å². The number of rotatable bonds is 2. The molecule has 3 rings (SSSR count). The zero-order chi connectivity index (χ0) is 15.8. The Morgan fingerprint density at radius 3 is 2.73 bits per heavy atom. The van der Waals surface area contributed by atoms with Gasteiger partial charge in [0, 0.05) is 11.8 Å². The van der Waals surface area contributed by atoms with E-state index in [2.05, 4.69) is 5.48 Å². The van der Waals surface area contributed by atoms with Crippen LogP contribution < -0.4 is 15.1 Å². The first-order valence-corrected chi connectivity index (χ1v) is 6.92. The van der Waals surface area contributed by atoms with Crippen LogP contribution in [-0.2, 0) is 0 Å². The fraction of sp³-hybridized carbons (Fsp3) is 0.111. The predicted molar refractivity (Wildman–Crippen MR) is 88.6 cm³/mol. The van der Waals surface area contributed by atoms with Crippen molar-refractivity contribution >= 4 is 12.2 Å². The Labute approximate surface area is 130 Å². The van der Waals surface area contributed by atoms with Crippen molar-refractivity contribution < 1.29 is 14.7 Å². The lowest BCUT2D eigenvalue weighted by molar-refractivity contribution is 0.239. The van der Waals surface area contributed by atoms with Crippen LogP contribution in [0.2, 0.25) is 0 Å². The fourth-order valence-corrected chi connectivity index (χ4v) is 1.92. The quantitative estimate of drug-likeness (QED) is 0.880. The molecule has 0 spiro atoms. The molecule has 0 aromatic heterocycles. The highest BCUT2D eigenvalue weighted by atomic mass is 16.6. The summed E-state index contributed by atoms with van der Waals surface area (Å²) in [5.41, 5.74) is 4.79. The second-order valence-electron chi connectivity index (χ2n) is 4.52. The van der Waals surface area contributed by atoms with E-state index in [-0.39, 0.29) is 5.75 Å². The summed E-state index contributed by atoms with van der Waals surface area (Å²) in [5, 5.41) is 9.25. The summed E-state index contributed by atoms with van der Waals surface area (Å²) in [6, 6.07) is 13.1. The molecule has 4 nitrogen and oxygen atoms in total. The number of methoxy groups -OCH3 is 1. The van der Waals surface area contributed by atoms with Gasteiger partial charge in [0.15, 0.2) is 17.2 Å². The number of benzene rings is 2. The number of nitrogens with one attached hydrogen (secondary N) is 1. The molecule has 0 bridgehead atoms. The zero-order valence-electron chi connectivity index (χ0n) is 12.6. The summed E-state index contributed by atoms with van der Waals surface area (Å²) in [5.74, 6) is 1.56. The number of para-hydroxylation sites is 1. The third kappa shape index (κ3) is 4.06. The van der Waals surface area contributed by atoms with E-state index in [1.165, 1.54) is 7.11 Å². The van der Waals surface area contributed by atoms with Crippen LogP contribution in [0.1, 0.15) is 18.1 Å². The minimum atomic E-state index is 0.172. The summed E-state index contributed by atoms with van der Waals surface area (Å²) in [7, 11) is 1.54.